The van der Waals surface area contributed by atoms with Gasteiger partial charge in [-0.25, -0.2) is 0 Å². The molecule has 0 saturated carbocycles. The van der Waals surface area contributed by atoms with Gasteiger partial charge >= 0.3 is 0 Å². The van der Waals surface area contributed by atoms with Gasteiger partial charge in [0.1, 0.15) is 0 Å². The van der Waals surface area contributed by atoms with Crippen molar-refractivity contribution in [3.8, 4) is 6.07 Å². The van der Waals surface area contributed by atoms with Gasteiger partial charge in [-0.3, -0.25) is 0 Å². The second-order valence-electron chi connectivity index (χ2n) is 3.46. The summed E-state index contributed by atoms with van der Waals surface area (Å²) in [6, 6.07) is 4.28. The van der Waals surface area contributed by atoms with Crippen molar-refractivity contribution in [3.05, 3.63) is 24.0 Å². The molecule has 0 saturated heterocycles. The van der Waals surface area contributed by atoms with Crippen LogP contribution in [0.25, 0.3) is 0 Å². The van der Waals surface area contributed by atoms with Crippen LogP contribution in [0.5, 0.6) is 0 Å². The van der Waals surface area contributed by atoms with Crippen LogP contribution in [-0.4, -0.2) is 4.98 Å². The summed E-state index contributed by atoms with van der Waals surface area (Å²) in [5, 5.41) is 8.88. The van der Waals surface area contributed by atoms with Gasteiger partial charge in [-0.2, -0.15) is 5.26 Å². The van der Waals surface area contributed by atoms with Crippen LogP contribution < -0.4 is 0 Å². The Morgan fingerprint density at radius 3 is 2.75 bits per heavy atom. The lowest BCUT2D eigenvalue weighted by Gasteiger charge is -2.08. The lowest BCUT2D eigenvalue weighted by Crippen LogP contribution is -1.98. The topological polar surface area (TPSA) is 39.6 Å². The Bertz CT molecular complexity index is 254. The maximum absolute atomic E-state index is 8.88. The molecule has 0 aromatic carbocycles. The summed E-state index contributed by atoms with van der Waals surface area (Å²) in [4.78, 5) is 2.97. The first-order valence-electron chi connectivity index (χ1n) is 4.26. The maximum atomic E-state index is 8.88. The first-order valence-corrected chi connectivity index (χ1v) is 4.26. The largest absolute Gasteiger partial charge is 0.367 e. The van der Waals surface area contributed by atoms with Crippen molar-refractivity contribution in [2.24, 2.45) is 5.92 Å². The molecule has 0 aliphatic heterocycles. The SMILES string of the molecule is CC(C)CC(C#N)c1cc[nH]c1. The van der Waals surface area contributed by atoms with E-state index in [0.717, 1.165) is 12.0 Å². The van der Waals surface area contributed by atoms with Gasteiger partial charge in [0.15, 0.2) is 0 Å². The molecule has 1 heterocycles. The van der Waals surface area contributed by atoms with Crippen LogP contribution in [0.1, 0.15) is 31.7 Å². The molecule has 2 heteroatoms. The molecule has 1 N–H and O–H groups in total. The maximum Gasteiger partial charge on any atom is 0.0729 e. The van der Waals surface area contributed by atoms with E-state index in [1.54, 1.807) is 0 Å². The highest BCUT2D eigenvalue weighted by atomic mass is 14.6. The minimum absolute atomic E-state index is 0.0521. The van der Waals surface area contributed by atoms with Crippen LogP contribution >= 0.6 is 0 Å². The normalized spacial score (nSPS) is 12.8. The molecule has 0 aliphatic carbocycles. The monoisotopic (exact) mass is 162 g/mol. The summed E-state index contributed by atoms with van der Waals surface area (Å²) in [7, 11) is 0. The van der Waals surface area contributed by atoms with Crippen molar-refractivity contribution in [2.45, 2.75) is 26.2 Å². The summed E-state index contributed by atoms with van der Waals surface area (Å²) in [6.45, 7) is 4.27. The average Bonchev–Trinajstić information content (AvgIpc) is 2.51. The van der Waals surface area contributed by atoms with Crippen molar-refractivity contribution in [1.82, 2.24) is 4.98 Å². The van der Waals surface area contributed by atoms with Crippen molar-refractivity contribution in [1.29, 1.82) is 5.26 Å². The molecule has 64 valence electrons. The predicted octanol–water partition coefficient (Wildman–Crippen LogP) is 2.67. The Hall–Kier alpha value is -1.23. The molecule has 0 aliphatic rings. The van der Waals surface area contributed by atoms with E-state index in [1.165, 1.54) is 0 Å². The lowest BCUT2D eigenvalue weighted by atomic mass is 9.93. The van der Waals surface area contributed by atoms with Gasteiger partial charge in [0.05, 0.1) is 12.0 Å². The van der Waals surface area contributed by atoms with E-state index in [4.69, 9.17) is 5.26 Å². The quantitative estimate of drug-likeness (QED) is 0.729. The van der Waals surface area contributed by atoms with Gasteiger partial charge in [0, 0.05) is 12.4 Å². The Balaban J connectivity index is 2.65. The molecule has 1 rings (SSSR count). The van der Waals surface area contributed by atoms with Crippen molar-refractivity contribution >= 4 is 0 Å². The third kappa shape index (κ3) is 2.13. The van der Waals surface area contributed by atoms with Gasteiger partial charge < -0.3 is 4.98 Å². The molecule has 1 unspecified atom stereocenters. The van der Waals surface area contributed by atoms with Gasteiger partial charge in [-0.15, -0.1) is 0 Å². The fraction of sp³-hybridized carbons (Fsp3) is 0.500. The Labute approximate surface area is 73.2 Å². The minimum Gasteiger partial charge on any atom is -0.367 e. The van der Waals surface area contributed by atoms with E-state index < -0.39 is 0 Å². The summed E-state index contributed by atoms with van der Waals surface area (Å²) in [6.07, 6.45) is 4.70. The predicted molar refractivity (Wildman–Crippen MR) is 48.6 cm³/mol. The number of nitrogens with zero attached hydrogens (tertiary/aromatic N) is 1. The van der Waals surface area contributed by atoms with Crippen LogP contribution in [0, 0.1) is 17.2 Å². The molecule has 0 spiro atoms. The highest BCUT2D eigenvalue weighted by Crippen LogP contribution is 2.22. The van der Waals surface area contributed by atoms with Gasteiger partial charge in [0.25, 0.3) is 0 Å². The van der Waals surface area contributed by atoms with Crippen molar-refractivity contribution < 1.29 is 0 Å². The average molecular weight is 162 g/mol. The molecule has 0 radical (unpaired) electrons. The number of nitriles is 1. The molecule has 0 amide bonds. The number of rotatable bonds is 3. The molecular formula is C10H14N2. The zero-order valence-corrected chi connectivity index (χ0v) is 7.54. The highest BCUT2D eigenvalue weighted by Gasteiger charge is 2.11. The number of hydrogen-bond donors (Lipinski definition) is 1. The van der Waals surface area contributed by atoms with Crippen LogP contribution in [0.2, 0.25) is 0 Å². The van der Waals surface area contributed by atoms with E-state index in [9.17, 15) is 0 Å². The lowest BCUT2D eigenvalue weighted by molar-refractivity contribution is 0.555. The third-order valence-electron chi connectivity index (χ3n) is 1.89. The van der Waals surface area contributed by atoms with Gasteiger partial charge in [-0.05, 0) is 24.0 Å². The zero-order chi connectivity index (χ0) is 8.97. The van der Waals surface area contributed by atoms with E-state index in [2.05, 4.69) is 24.9 Å². The molecule has 0 bridgehead atoms. The third-order valence-corrected chi connectivity index (χ3v) is 1.89. The molecule has 1 aromatic heterocycles. The molecule has 12 heavy (non-hydrogen) atoms. The number of hydrogen-bond acceptors (Lipinski definition) is 1. The van der Waals surface area contributed by atoms with Crippen molar-refractivity contribution in [3.63, 3.8) is 0 Å². The summed E-state index contributed by atoms with van der Waals surface area (Å²) >= 11 is 0. The molecule has 2 nitrogen and oxygen atoms in total. The number of H-pyrrole nitrogens is 1. The van der Waals surface area contributed by atoms with E-state index in [0.29, 0.717) is 5.92 Å². The summed E-state index contributed by atoms with van der Waals surface area (Å²) < 4.78 is 0. The van der Waals surface area contributed by atoms with Gasteiger partial charge in [0.2, 0.25) is 0 Å². The number of aromatic amines is 1. The standard InChI is InChI=1S/C10H14N2/c1-8(2)5-10(6-11)9-3-4-12-7-9/h3-4,7-8,10,12H,5H2,1-2H3. The van der Waals surface area contributed by atoms with Crippen LogP contribution in [0.15, 0.2) is 18.5 Å². The Kier molecular flexibility index (Phi) is 2.93. The van der Waals surface area contributed by atoms with E-state index in [1.807, 2.05) is 18.5 Å². The fourth-order valence-corrected chi connectivity index (χ4v) is 1.29. The van der Waals surface area contributed by atoms with Crippen molar-refractivity contribution in [2.75, 3.05) is 0 Å². The zero-order valence-electron chi connectivity index (χ0n) is 7.54. The molecule has 1 aromatic rings. The summed E-state index contributed by atoms with van der Waals surface area (Å²) in [5.74, 6) is 0.626. The number of nitrogens with one attached hydrogen (secondary N) is 1. The van der Waals surface area contributed by atoms with E-state index >= 15 is 0 Å². The molecule has 1 atom stereocenters. The Morgan fingerprint density at radius 2 is 2.33 bits per heavy atom. The van der Waals surface area contributed by atoms with Crippen LogP contribution in [0.3, 0.4) is 0 Å². The first kappa shape index (κ1) is 8.86. The minimum atomic E-state index is 0.0521. The van der Waals surface area contributed by atoms with Crippen LogP contribution in [-0.2, 0) is 0 Å². The van der Waals surface area contributed by atoms with E-state index in [-0.39, 0.29) is 5.92 Å². The smallest absolute Gasteiger partial charge is 0.0729 e. The molecule has 0 fully saturated rings. The number of aromatic nitrogens is 1. The van der Waals surface area contributed by atoms with Gasteiger partial charge in [-0.1, -0.05) is 13.8 Å². The highest BCUT2D eigenvalue weighted by molar-refractivity contribution is 5.21. The van der Waals surface area contributed by atoms with Crippen LogP contribution in [0.4, 0.5) is 0 Å². The summed E-state index contributed by atoms with van der Waals surface area (Å²) in [5.41, 5.74) is 1.10. The second-order valence-corrected chi connectivity index (χ2v) is 3.46. The fourth-order valence-electron chi connectivity index (χ4n) is 1.29. The molecular weight excluding hydrogens is 148 g/mol. The Morgan fingerprint density at radius 1 is 1.58 bits per heavy atom. The first-order chi connectivity index (χ1) is 5.74. The second kappa shape index (κ2) is 3.96.